The average molecular weight is 492 g/mol. The topological polar surface area (TPSA) is 55.7 Å². The van der Waals surface area contributed by atoms with Crippen molar-refractivity contribution in [3.05, 3.63) is 131 Å². The fourth-order valence-electron chi connectivity index (χ4n) is 3.55. The summed E-state index contributed by atoms with van der Waals surface area (Å²) < 4.78 is 12.1. The maximum Gasteiger partial charge on any atom is 0.203 e. The Labute approximate surface area is 214 Å². The van der Waals surface area contributed by atoms with E-state index < -0.39 is 0 Å². The standard InChI is InChI=1S/C30H25N3O2S/c1-4-10-23(11-5-1)20-34-27-16-17-29(35-21-24-12-6-2-7-13-24)26(18-27)19-31-33-30-32-28(22-36-30)25-14-8-3-9-15-25/h1-19,22H,20-21H2,(H,32,33). The number of nitrogens with zero attached hydrogens (tertiary/aromatic N) is 2. The normalized spacial score (nSPS) is 10.9. The van der Waals surface area contributed by atoms with Gasteiger partial charge in [0, 0.05) is 16.5 Å². The van der Waals surface area contributed by atoms with Crippen molar-refractivity contribution in [2.24, 2.45) is 5.10 Å². The summed E-state index contributed by atoms with van der Waals surface area (Å²) in [5, 5.41) is 7.16. The predicted octanol–water partition coefficient (Wildman–Crippen LogP) is 7.41. The Bertz CT molecular complexity index is 1400. The number of nitrogens with one attached hydrogen (secondary N) is 1. The van der Waals surface area contributed by atoms with Crippen LogP contribution >= 0.6 is 11.3 Å². The molecule has 36 heavy (non-hydrogen) atoms. The van der Waals surface area contributed by atoms with Crippen LogP contribution in [0.4, 0.5) is 5.13 Å². The predicted molar refractivity (Wildman–Crippen MR) is 147 cm³/mol. The highest BCUT2D eigenvalue weighted by Crippen LogP contribution is 2.26. The molecule has 5 nitrogen and oxygen atoms in total. The molecule has 0 fully saturated rings. The summed E-state index contributed by atoms with van der Waals surface area (Å²) in [6.07, 6.45) is 1.74. The van der Waals surface area contributed by atoms with E-state index in [1.165, 1.54) is 11.3 Å². The zero-order valence-corrected chi connectivity index (χ0v) is 20.4. The first-order chi connectivity index (χ1) is 17.8. The van der Waals surface area contributed by atoms with Crippen LogP contribution in [-0.2, 0) is 13.2 Å². The molecule has 1 N–H and O–H groups in total. The molecule has 0 bridgehead atoms. The summed E-state index contributed by atoms with van der Waals surface area (Å²) in [4.78, 5) is 4.63. The molecule has 0 saturated carbocycles. The van der Waals surface area contributed by atoms with Crippen LogP contribution in [0.3, 0.4) is 0 Å². The Morgan fingerprint density at radius 2 is 1.39 bits per heavy atom. The van der Waals surface area contributed by atoms with Gasteiger partial charge >= 0.3 is 0 Å². The molecule has 0 radical (unpaired) electrons. The number of anilines is 1. The largest absolute Gasteiger partial charge is 0.489 e. The summed E-state index contributed by atoms with van der Waals surface area (Å²) in [7, 11) is 0. The summed E-state index contributed by atoms with van der Waals surface area (Å²) in [6.45, 7) is 0.952. The van der Waals surface area contributed by atoms with Gasteiger partial charge in [0.1, 0.15) is 24.7 Å². The van der Waals surface area contributed by atoms with Gasteiger partial charge in [0.15, 0.2) is 0 Å². The van der Waals surface area contributed by atoms with Crippen molar-refractivity contribution in [2.75, 3.05) is 5.43 Å². The third-order valence-electron chi connectivity index (χ3n) is 5.40. The summed E-state index contributed by atoms with van der Waals surface area (Å²) in [5.41, 5.74) is 8.05. The van der Waals surface area contributed by atoms with Gasteiger partial charge in [0.25, 0.3) is 0 Å². The van der Waals surface area contributed by atoms with Crippen LogP contribution in [-0.4, -0.2) is 11.2 Å². The average Bonchev–Trinajstić information content (AvgIpc) is 3.42. The van der Waals surface area contributed by atoms with Crippen LogP contribution in [0.2, 0.25) is 0 Å². The summed E-state index contributed by atoms with van der Waals surface area (Å²) in [6, 6.07) is 36.0. The number of hydrogen-bond donors (Lipinski definition) is 1. The van der Waals surface area contributed by atoms with E-state index in [-0.39, 0.29) is 0 Å². The zero-order chi connectivity index (χ0) is 24.4. The van der Waals surface area contributed by atoms with Crippen LogP contribution in [0.25, 0.3) is 11.3 Å². The quantitative estimate of drug-likeness (QED) is 0.163. The maximum atomic E-state index is 6.12. The summed E-state index contributed by atoms with van der Waals surface area (Å²) in [5.74, 6) is 1.47. The SMILES string of the molecule is C(=NNc1nc(-c2ccccc2)cs1)c1cc(OCc2ccccc2)ccc1OCc1ccccc1. The van der Waals surface area contributed by atoms with E-state index >= 15 is 0 Å². The van der Waals surface area contributed by atoms with Crippen LogP contribution in [0, 0.1) is 0 Å². The van der Waals surface area contributed by atoms with Crippen LogP contribution < -0.4 is 14.9 Å². The third kappa shape index (κ3) is 6.37. The lowest BCUT2D eigenvalue weighted by Crippen LogP contribution is -2.01. The lowest BCUT2D eigenvalue weighted by molar-refractivity contribution is 0.297. The van der Waals surface area contributed by atoms with Crippen molar-refractivity contribution in [3.8, 4) is 22.8 Å². The first-order valence-electron chi connectivity index (χ1n) is 11.6. The molecule has 6 heteroatoms. The minimum Gasteiger partial charge on any atom is -0.489 e. The molecule has 1 aromatic heterocycles. The van der Waals surface area contributed by atoms with Gasteiger partial charge in [-0.3, -0.25) is 5.43 Å². The van der Waals surface area contributed by atoms with Crippen molar-refractivity contribution in [2.45, 2.75) is 13.2 Å². The second-order valence-electron chi connectivity index (χ2n) is 8.02. The Morgan fingerprint density at radius 1 is 0.750 bits per heavy atom. The highest BCUT2D eigenvalue weighted by Gasteiger charge is 2.07. The molecule has 0 unspecified atom stereocenters. The lowest BCUT2D eigenvalue weighted by Gasteiger charge is -2.12. The Morgan fingerprint density at radius 3 is 2.08 bits per heavy atom. The molecule has 0 spiro atoms. The van der Waals surface area contributed by atoms with Gasteiger partial charge in [0.2, 0.25) is 5.13 Å². The molecular formula is C30H25N3O2S. The highest BCUT2D eigenvalue weighted by atomic mass is 32.1. The molecular weight excluding hydrogens is 466 g/mol. The number of ether oxygens (including phenoxy) is 2. The molecule has 0 saturated heterocycles. The molecule has 0 aliphatic rings. The Balaban J connectivity index is 1.30. The molecule has 0 aliphatic heterocycles. The third-order valence-corrected chi connectivity index (χ3v) is 6.15. The first kappa shape index (κ1) is 23.3. The molecule has 0 amide bonds. The fourth-order valence-corrected chi connectivity index (χ4v) is 4.22. The van der Waals surface area contributed by atoms with E-state index in [0.717, 1.165) is 39.4 Å². The second kappa shape index (κ2) is 11.8. The lowest BCUT2D eigenvalue weighted by atomic mass is 10.2. The molecule has 0 aliphatic carbocycles. The second-order valence-corrected chi connectivity index (χ2v) is 8.88. The Kier molecular flexibility index (Phi) is 7.66. The van der Waals surface area contributed by atoms with Crippen molar-refractivity contribution >= 4 is 22.7 Å². The molecule has 4 aromatic carbocycles. The minimum atomic E-state index is 0.465. The van der Waals surface area contributed by atoms with Crippen LogP contribution in [0.1, 0.15) is 16.7 Å². The van der Waals surface area contributed by atoms with Gasteiger partial charge in [-0.05, 0) is 29.3 Å². The van der Waals surface area contributed by atoms with E-state index in [4.69, 9.17) is 9.47 Å². The molecule has 178 valence electrons. The van der Waals surface area contributed by atoms with Crippen LogP contribution in [0.15, 0.2) is 120 Å². The number of rotatable bonds is 10. The first-order valence-corrected chi connectivity index (χ1v) is 12.5. The van der Waals surface area contributed by atoms with E-state index in [2.05, 4.69) is 15.5 Å². The van der Waals surface area contributed by atoms with Crippen LogP contribution in [0.5, 0.6) is 11.5 Å². The van der Waals surface area contributed by atoms with Crippen molar-refractivity contribution in [1.82, 2.24) is 4.98 Å². The minimum absolute atomic E-state index is 0.465. The van der Waals surface area contributed by atoms with E-state index in [1.54, 1.807) is 6.21 Å². The fraction of sp³-hybridized carbons (Fsp3) is 0.0667. The van der Waals surface area contributed by atoms with Crippen molar-refractivity contribution < 1.29 is 9.47 Å². The van der Waals surface area contributed by atoms with Gasteiger partial charge in [-0.1, -0.05) is 91.0 Å². The van der Waals surface area contributed by atoms with Gasteiger partial charge in [-0.15, -0.1) is 11.3 Å². The van der Waals surface area contributed by atoms with Gasteiger partial charge < -0.3 is 9.47 Å². The maximum absolute atomic E-state index is 6.12. The van der Waals surface area contributed by atoms with Gasteiger partial charge in [-0.25, -0.2) is 4.98 Å². The Hall–Kier alpha value is -4.42. The number of hydrogen-bond acceptors (Lipinski definition) is 6. The molecule has 1 heterocycles. The number of benzene rings is 4. The van der Waals surface area contributed by atoms with Gasteiger partial charge in [-0.2, -0.15) is 5.10 Å². The smallest absolute Gasteiger partial charge is 0.203 e. The van der Waals surface area contributed by atoms with E-state index in [0.29, 0.717) is 18.3 Å². The monoisotopic (exact) mass is 491 g/mol. The molecule has 5 aromatic rings. The molecule has 0 atom stereocenters. The zero-order valence-electron chi connectivity index (χ0n) is 19.6. The molecule has 5 rings (SSSR count). The van der Waals surface area contributed by atoms with Gasteiger partial charge in [0.05, 0.1) is 11.9 Å². The number of thiazole rings is 1. The van der Waals surface area contributed by atoms with E-state index in [9.17, 15) is 0 Å². The van der Waals surface area contributed by atoms with Crippen molar-refractivity contribution in [1.29, 1.82) is 0 Å². The van der Waals surface area contributed by atoms with Crippen molar-refractivity contribution in [3.63, 3.8) is 0 Å². The number of aromatic nitrogens is 1. The summed E-state index contributed by atoms with van der Waals surface area (Å²) >= 11 is 1.51. The highest BCUT2D eigenvalue weighted by molar-refractivity contribution is 7.14. The number of hydrazone groups is 1. The van der Waals surface area contributed by atoms with E-state index in [1.807, 2.05) is 115 Å².